The highest BCUT2D eigenvalue weighted by atomic mass is 16.6. The van der Waals surface area contributed by atoms with E-state index in [1.807, 2.05) is 24.3 Å². The van der Waals surface area contributed by atoms with Gasteiger partial charge >= 0.3 is 0 Å². The zero-order chi connectivity index (χ0) is 15.8. The number of benzene rings is 2. The molecule has 6 heteroatoms. The number of hydrogen-bond donors (Lipinski definition) is 1. The normalized spacial score (nSPS) is 10.6. The van der Waals surface area contributed by atoms with E-state index in [1.165, 1.54) is 12.1 Å². The first-order valence-electron chi connectivity index (χ1n) is 6.81. The Morgan fingerprint density at radius 3 is 2.73 bits per heavy atom. The topological polar surface area (TPSA) is 76.8 Å². The third kappa shape index (κ3) is 4.59. The molecule has 2 rings (SSSR count). The number of nitro benzene ring substituents is 1. The van der Waals surface area contributed by atoms with Crippen molar-refractivity contribution in [2.24, 2.45) is 4.99 Å². The van der Waals surface area contributed by atoms with Crippen LogP contribution < -0.4 is 10.1 Å². The van der Waals surface area contributed by atoms with Crippen LogP contribution in [0.3, 0.4) is 0 Å². The maximum Gasteiger partial charge on any atom is 0.270 e. The number of non-ortho nitro benzene ring substituents is 1. The van der Waals surface area contributed by atoms with Crippen molar-refractivity contribution in [1.29, 1.82) is 0 Å². The van der Waals surface area contributed by atoms with Gasteiger partial charge in [0, 0.05) is 30.6 Å². The number of rotatable bonds is 7. The lowest BCUT2D eigenvalue weighted by atomic mass is 10.2. The first-order chi connectivity index (χ1) is 10.7. The molecule has 0 aliphatic heterocycles. The van der Waals surface area contributed by atoms with E-state index >= 15 is 0 Å². The van der Waals surface area contributed by atoms with E-state index in [0.717, 1.165) is 17.0 Å². The third-order valence-electron chi connectivity index (χ3n) is 2.98. The fraction of sp³-hybridized carbons (Fsp3) is 0.188. The van der Waals surface area contributed by atoms with Crippen LogP contribution in [0.25, 0.3) is 0 Å². The van der Waals surface area contributed by atoms with Crippen molar-refractivity contribution < 1.29 is 9.66 Å². The molecule has 1 N–H and O–H groups in total. The summed E-state index contributed by atoms with van der Waals surface area (Å²) in [4.78, 5) is 14.5. The summed E-state index contributed by atoms with van der Waals surface area (Å²) in [6.07, 6.45) is 1.64. The molecule has 0 atom stereocenters. The lowest BCUT2D eigenvalue weighted by molar-refractivity contribution is -0.384. The number of nitrogens with zero attached hydrogens (tertiary/aromatic N) is 2. The van der Waals surface area contributed by atoms with E-state index < -0.39 is 4.92 Å². The number of nitro groups is 1. The van der Waals surface area contributed by atoms with Crippen LogP contribution in [0, 0.1) is 10.1 Å². The number of methoxy groups -OCH3 is 1. The molecule has 0 amide bonds. The second kappa shape index (κ2) is 7.78. The molecule has 0 aromatic heterocycles. The highest BCUT2D eigenvalue weighted by molar-refractivity contribution is 5.80. The Morgan fingerprint density at radius 2 is 2.05 bits per heavy atom. The molecule has 0 fully saturated rings. The van der Waals surface area contributed by atoms with Crippen LogP contribution in [0.15, 0.2) is 53.5 Å². The van der Waals surface area contributed by atoms with Gasteiger partial charge in [0.2, 0.25) is 0 Å². The molecule has 2 aromatic carbocycles. The molecule has 0 saturated heterocycles. The van der Waals surface area contributed by atoms with Crippen molar-refractivity contribution in [3.8, 4) is 5.75 Å². The molecule has 0 heterocycles. The summed E-state index contributed by atoms with van der Waals surface area (Å²) < 4.78 is 5.09. The SMILES string of the molecule is COc1ccc(NCCN=Cc2cccc([N+](=O)[O-])c2)cc1. The summed E-state index contributed by atoms with van der Waals surface area (Å²) in [6, 6.07) is 14.0. The summed E-state index contributed by atoms with van der Waals surface area (Å²) in [7, 11) is 1.63. The predicted octanol–water partition coefficient (Wildman–Crippen LogP) is 3.13. The maximum atomic E-state index is 10.7. The van der Waals surface area contributed by atoms with Gasteiger partial charge in [-0.1, -0.05) is 12.1 Å². The average molecular weight is 299 g/mol. The molecule has 0 saturated carbocycles. The molecule has 0 bridgehead atoms. The van der Waals surface area contributed by atoms with Crippen LogP contribution in [0.1, 0.15) is 5.56 Å². The molecule has 0 aliphatic rings. The monoisotopic (exact) mass is 299 g/mol. The lowest BCUT2D eigenvalue weighted by Gasteiger charge is -2.05. The minimum absolute atomic E-state index is 0.0697. The fourth-order valence-corrected chi connectivity index (χ4v) is 1.86. The van der Waals surface area contributed by atoms with Crippen LogP contribution in [0.5, 0.6) is 5.75 Å². The van der Waals surface area contributed by atoms with Crippen LogP contribution in [-0.4, -0.2) is 31.3 Å². The molecule has 0 unspecified atom stereocenters. The number of nitrogens with one attached hydrogen (secondary N) is 1. The summed E-state index contributed by atoms with van der Waals surface area (Å²) in [5.74, 6) is 0.814. The van der Waals surface area contributed by atoms with Crippen molar-refractivity contribution in [1.82, 2.24) is 0 Å². The molecular formula is C16H17N3O3. The first-order valence-corrected chi connectivity index (χ1v) is 6.81. The summed E-state index contributed by atoms with van der Waals surface area (Å²) in [5.41, 5.74) is 1.78. The molecule has 0 radical (unpaired) electrons. The van der Waals surface area contributed by atoms with Crippen LogP contribution in [0.2, 0.25) is 0 Å². The van der Waals surface area contributed by atoms with Gasteiger partial charge in [0.25, 0.3) is 5.69 Å². The van der Waals surface area contributed by atoms with Crippen molar-refractivity contribution in [3.05, 3.63) is 64.2 Å². The second-order valence-electron chi connectivity index (χ2n) is 4.54. The lowest BCUT2D eigenvalue weighted by Crippen LogP contribution is -2.04. The van der Waals surface area contributed by atoms with Gasteiger partial charge in [0.1, 0.15) is 5.75 Å². The van der Waals surface area contributed by atoms with Crippen molar-refractivity contribution in [3.63, 3.8) is 0 Å². The van der Waals surface area contributed by atoms with Crippen LogP contribution in [-0.2, 0) is 0 Å². The number of ether oxygens (including phenoxy) is 1. The Hall–Kier alpha value is -2.89. The standard InChI is InChI=1S/C16H17N3O3/c1-22-16-7-5-14(6-8-16)18-10-9-17-12-13-3-2-4-15(11-13)19(20)21/h2-8,11-12,18H,9-10H2,1H3. The number of aliphatic imine (C=N–C) groups is 1. The summed E-state index contributed by atoms with van der Waals surface area (Å²) in [5, 5.41) is 13.9. The Bertz CT molecular complexity index is 654. The quantitative estimate of drug-likeness (QED) is 0.369. The highest BCUT2D eigenvalue weighted by Gasteiger charge is 2.03. The van der Waals surface area contributed by atoms with E-state index in [1.54, 1.807) is 25.5 Å². The fourth-order valence-electron chi connectivity index (χ4n) is 1.86. The predicted molar refractivity (Wildman–Crippen MR) is 87.0 cm³/mol. The number of anilines is 1. The van der Waals surface area contributed by atoms with Gasteiger partial charge in [-0.3, -0.25) is 15.1 Å². The van der Waals surface area contributed by atoms with Crippen molar-refractivity contribution in [2.75, 3.05) is 25.5 Å². The molecule has 2 aromatic rings. The van der Waals surface area contributed by atoms with Gasteiger partial charge in [0.05, 0.1) is 18.6 Å². The highest BCUT2D eigenvalue weighted by Crippen LogP contribution is 2.14. The van der Waals surface area contributed by atoms with E-state index in [2.05, 4.69) is 10.3 Å². The largest absolute Gasteiger partial charge is 0.497 e. The van der Waals surface area contributed by atoms with Crippen LogP contribution in [0.4, 0.5) is 11.4 Å². The van der Waals surface area contributed by atoms with Gasteiger partial charge in [0.15, 0.2) is 0 Å². The zero-order valence-electron chi connectivity index (χ0n) is 12.2. The Morgan fingerprint density at radius 1 is 1.27 bits per heavy atom. The first kappa shape index (κ1) is 15.5. The van der Waals surface area contributed by atoms with E-state index in [0.29, 0.717) is 13.1 Å². The molecule has 22 heavy (non-hydrogen) atoms. The minimum Gasteiger partial charge on any atom is -0.497 e. The van der Waals surface area contributed by atoms with Gasteiger partial charge < -0.3 is 10.1 Å². The van der Waals surface area contributed by atoms with Gasteiger partial charge in [-0.05, 0) is 29.8 Å². The molecule has 114 valence electrons. The molecule has 0 aliphatic carbocycles. The summed E-state index contributed by atoms with van der Waals surface area (Å²) in [6.45, 7) is 1.26. The summed E-state index contributed by atoms with van der Waals surface area (Å²) >= 11 is 0. The Balaban J connectivity index is 1.80. The second-order valence-corrected chi connectivity index (χ2v) is 4.54. The Labute approximate surface area is 128 Å². The van der Waals surface area contributed by atoms with Crippen molar-refractivity contribution in [2.45, 2.75) is 0 Å². The smallest absolute Gasteiger partial charge is 0.270 e. The molecule has 6 nitrogen and oxygen atoms in total. The number of hydrogen-bond acceptors (Lipinski definition) is 5. The minimum atomic E-state index is -0.414. The Kier molecular flexibility index (Phi) is 5.48. The van der Waals surface area contributed by atoms with Gasteiger partial charge in [-0.15, -0.1) is 0 Å². The van der Waals surface area contributed by atoms with Gasteiger partial charge in [-0.25, -0.2) is 0 Å². The van der Waals surface area contributed by atoms with Crippen molar-refractivity contribution >= 4 is 17.6 Å². The van der Waals surface area contributed by atoms with Gasteiger partial charge in [-0.2, -0.15) is 0 Å². The third-order valence-corrected chi connectivity index (χ3v) is 2.98. The van der Waals surface area contributed by atoms with Crippen LogP contribution >= 0.6 is 0 Å². The molecular weight excluding hydrogens is 282 g/mol. The zero-order valence-corrected chi connectivity index (χ0v) is 12.2. The molecule has 0 spiro atoms. The average Bonchev–Trinajstić information content (AvgIpc) is 2.55. The van der Waals surface area contributed by atoms with E-state index in [9.17, 15) is 10.1 Å². The van der Waals surface area contributed by atoms with E-state index in [-0.39, 0.29) is 5.69 Å². The maximum absolute atomic E-state index is 10.7. The van der Waals surface area contributed by atoms with E-state index in [4.69, 9.17) is 4.74 Å².